The molecule has 6 aromatic rings. The lowest BCUT2D eigenvalue weighted by Crippen LogP contribution is -2.58. The van der Waals surface area contributed by atoms with Crippen LogP contribution in [0.2, 0.25) is 0 Å². The van der Waals surface area contributed by atoms with Gasteiger partial charge in [0.15, 0.2) is 5.82 Å². The van der Waals surface area contributed by atoms with Crippen LogP contribution < -0.4 is 25.6 Å². The largest absolute Gasteiger partial charge is 0.508 e. The van der Waals surface area contributed by atoms with E-state index >= 15 is 8.78 Å². The monoisotopic (exact) mass is 1130 g/mol. The maximum absolute atomic E-state index is 17.2. The Morgan fingerprint density at radius 1 is 0.890 bits per heavy atom. The van der Waals surface area contributed by atoms with Gasteiger partial charge in [0.25, 0.3) is 0 Å². The third-order valence-electron chi connectivity index (χ3n) is 17.2. The summed E-state index contributed by atoms with van der Waals surface area (Å²) in [6.07, 6.45) is 5.97. The van der Waals surface area contributed by atoms with E-state index < -0.39 is 70.6 Å². The second-order valence-corrected chi connectivity index (χ2v) is 24.3. The number of phenols is 1. The molecule has 1 saturated carbocycles. The molecule has 4 aromatic carbocycles. The van der Waals surface area contributed by atoms with Crippen LogP contribution in [0.3, 0.4) is 0 Å². The number of aliphatic hydroxyl groups is 1. The van der Waals surface area contributed by atoms with Crippen LogP contribution in [0, 0.1) is 34.1 Å². The molecular weight excluding hydrogens is 1060 g/mol. The predicted octanol–water partition coefficient (Wildman–Crippen LogP) is 8.29. The number of halogens is 4. The summed E-state index contributed by atoms with van der Waals surface area (Å²) in [6.45, 7) is 12.5. The van der Waals surface area contributed by atoms with Crippen LogP contribution in [0.4, 0.5) is 23.4 Å². The highest BCUT2D eigenvalue weighted by atomic mass is 19.1. The van der Waals surface area contributed by atoms with E-state index in [1.807, 2.05) is 27.7 Å². The minimum Gasteiger partial charge on any atom is -0.508 e. The first-order valence-electron chi connectivity index (χ1n) is 28.7. The minimum absolute atomic E-state index is 0.000898. The topological polar surface area (TPSA) is 195 Å². The summed E-state index contributed by atoms with van der Waals surface area (Å²) in [4.78, 5) is 61.8. The van der Waals surface area contributed by atoms with Gasteiger partial charge in [0.1, 0.15) is 58.9 Å². The number of aromatic hydroxyl groups is 1. The highest BCUT2D eigenvalue weighted by Gasteiger charge is 2.47. The van der Waals surface area contributed by atoms with Crippen LogP contribution in [0.25, 0.3) is 44.1 Å². The van der Waals surface area contributed by atoms with Crippen molar-refractivity contribution in [1.29, 1.82) is 0 Å². The Labute approximate surface area is 474 Å². The number of phenolic OH excluding ortho intramolecular Hbond substituents is 1. The number of hydrogen-bond acceptors (Lipinski definition) is 13. The zero-order valence-corrected chi connectivity index (χ0v) is 46.9. The van der Waals surface area contributed by atoms with Crippen LogP contribution in [0.5, 0.6) is 11.8 Å². The van der Waals surface area contributed by atoms with Gasteiger partial charge < -0.3 is 50.3 Å². The number of hydrogen-bond donors (Lipinski definition) is 5. The lowest BCUT2D eigenvalue weighted by Gasteiger charge is -2.36. The van der Waals surface area contributed by atoms with Crippen LogP contribution in [-0.2, 0) is 25.5 Å². The van der Waals surface area contributed by atoms with Gasteiger partial charge in [-0.05, 0) is 115 Å². The van der Waals surface area contributed by atoms with Crippen molar-refractivity contribution in [2.45, 2.75) is 128 Å². The number of β-amino-alcohol motifs (C(OH)–C–C–N with tert-alkyl or cyclic N) is 1. The third kappa shape index (κ3) is 11.8. The number of carbonyl (C=O) groups is 3. The second-order valence-electron chi connectivity index (χ2n) is 24.3. The van der Waals surface area contributed by atoms with Gasteiger partial charge in [-0.3, -0.25) is 19.4 Å². The number of aryl methyl sites for hydroxylation is 1. The number of ether oxygens (including phenoxy) is 2. The third-order valence-corrected chi connectivity index (χ3v) is 17.2. The maximum Gasteiger partial charge on any atom is 0.319 e. The Bertz CT molecular complexity index is 3380. The number of nitrogens with zero attached hydrogens (tertiary/aromatic N) is 6. The Morgan fingerprint density at radius 3 is 2.27 bits per heavy atom. The number of aromatic nitrogens is 3. The Kier molecular flexibility index (Phi) is 15.9. The molecule has 6 heterocycles. The molecule has 5 fully saturated rings. The first-order valence-corrected chi connectivity index (χ1v) is 28.7. The zero-order valence-electron chi connectivity index (χ0n) is 46.9. The van der Waals surface area contributed by atoms with E-state index in [2.05, 4.69) is 30.7 Å². The summed E-state index contributed by atoms with van der Waals surface area (Å²) in [5.41, 5.74) is 0.522. The lowest BCUT2D eigenvalue weighted by molar-refractivity contribution is -0.145. The van der Waals surface area contributed by atoms with E-state index in [4.69, 9.17) is 19.4 Å². The van der Waals surface area contributed by atoms with Crippen molar-refractivity contribution >= 4 is 45.2 Å². The fourth-order valence-electron chi connectivity index (χ4n) is 12.6. The Morgan fingerprint density at radius 2 is 1.60 bits per heavy atom. The number of aliphatic hydroxyl groups excluding tert-OH is 1. The van der Waals surface area contributed by atoms with Crippen molar-refractivity contribution in [1.82, 2.24) is 40.7 Å². The fraction of sp³-hybridized carbons (Fsp3) is 0.484. The van der Waals surface area contributed by atoms with Gasteiger partial charge in [0.05, 0.1) is 35.8 Å². The van der Waals surface area contributed by atoms with Gasteiger partial charge in [0.2, 0.25) is 17.7 Å². The van der Waals surface area contributed by atoms with E-state index in [0.29, 0.717) is 90.7 Å². The first-order chi connectivity index (χ1) is 39.2. The molecule has 2 unspecified atom stereocenters. The number of piperazine rings is 1. The van der Waals surface area contributed by atoms with E-state index in [0.717, 1.165) is 32.2 Å². The maximum atomic E-state index is 17.2. The molecule has 5 N–H and O–H groups in total. The minimum atomic E-state index is -1.05. The first kappa shape index (κ1) is 56.8. The predicted molar refractivity (Wildman–Crippen MR) is 302 cm³/mol. The van der Waals surface area contributed by atoms with Crippen LogP contribution in [0.1, 0.15) is 96.7 Å². The number of carbonyl (C=O) groups excluding carboxylic acids is 3. The molecule has 5 aliphatic rings. The number of piperidine rings is 1. The molecule has 2 bridgehead atoms. The summed E-state index contributed by atoms with van der Waals surface area (Å²) in [7, 11) is 0. The highest BCUT2D eigenvalue weighted by Crippen LogP contribution is 2.47. The summed E-state index contributed by atoms with van der Waals surface area (Å²) >= 11 is 0. The van der Waals surface area contributed by atoms with Crippen LogP contribution in [0.15, 0.2) is 72.9 Å². The van der Waals surface area contributed by atoms with Gasteiger partial charge in [-0.1, -0.05) is 64.1 Å². The number of rotatable bonds is 17. The number of benzene rings is 4. The molecule has 11 rings (SSSR count). The van der Waals surface area contributed by atoms with Gasteiger partial charge in [-0.15, -0.1) is 0 Å². The zero-order chi connectivity index (χ0) is 57.8. The molecule has 0 radical (unpaired) electrons. The summed E-state index contributed by atoms with van der Waals surface area (Å²) in [6, 6.07) is 14.0. The van der Waals surface area contributed by atoms with Crippen molar-refractivity contribution in [2.75, 3.05) is 57.4 Å². The SMILES string of the molecule is CCc1c(F)ccc2cc(O)cc(-c3ncc4c(N5CC6CCC(C5)N6)nc(OCC5(CN6CCC(OCC(=O)N[C@H](C(=O)N7C[C@H](O)C[C@H]7C(=O)N[C@@H](C)c7ccc(-c8c(F)cccc8F)cc7)C(C)(C)C)CC6)CC5)nc4c3F)c12. The van der Waals surface area contributed by atoms with Gasteiger partial charge in [0, 0.05) is 74.9 Å². The highest BCUT2D eigenvalue weighted by molar-refractivity contribution is 6.02. The normalized spacial score (nSPS) is 21.7. The number of amides is 3. The number of likely N-dealkylation sites (tertiary alicyclic amines) is 2. The quantitative estimate of drug-likeness (QED) is 0.0549. The van der Waals surface area contributed by atoms with Gasteiger partial charge in [-0.25, -0.2) is 17.6 Å². The van der Waals surface area contributed by atoms with E-state index in [-0.39, 0.29) is 77.3 Å². The molecule has 0 spiro atoms. The van der Waals surface area contributed by atoms with Crippen molar-refractivity contribution in [3.05, 3.63) is 107 Å². The van der Waals surface area contributed by atoms with E-state index in [1.165, 1.54) is 41.3 Å². The van der Waals surface area contributed by atoms with E-state index in [9.17, 15) is 33.4 Å². The second kappa shape index (κ2) is 23.0. The molecule has 16 nitrogen and oxygen atoms in total. The molecule has 4 saturated heterocycles. The average Bonchev–Trinajstić information content (AvgIpc) is 3.72. The van der Waals surface area contributed by atoms with Gasteiger partial charge in [-0.2, -0.15) is 9.97 Å². The van der Waals surface area contributed by atoms with Crippen molar-refractivity contribution in [3.63, 3.8) is 0 Å². The molecule has 1 aliphatic carbocycles. The Balaban J connectivity index is 0.700. The van der Waals surface area contributed by atoms with Crippen LogP contribution in [-0.4, -0.2) is 142 Å². The molecule has 4 aliphatic heterocycles. The molecule has 3 amide bonds. The van der Waals surface area contributed by atoms with Crippen molar-refractivity contribution < 1.29 is 51.6 Å². The molecule has 2 aromatic heterocycles. The molecule has 434 valence electrons. The van der Waals surface area contributed by atoms with Gasteiger partial charge >= 0.3 is 6.01 Å². The summed E-state index contributed by atoms with van der Waals surface area (Å²) < 4.78 is 74.0. The lowest BCUT2D eigenvalue weighted by atomic mass is 9.85. The number of nitrogens with one attached hydrogen (secondary N) is 3. The number of anilines is 1. The smallest absolute Gasteiger partial charge is 0.319 e. The molecule has 6 atom stereocenters. The van der Waals surface area contributed by atoms with E-state index in [1.54, 1.807) is 43.5 Å². The standard InChI is InChI=1S/C62H71F4N9O7/c1-6-43-46(63)17-14-37-24-40(76)25-44(51(37)43)54-53(66)55-45(27-67-54)57(74-28-38-15-16-39(29-74)69-38)72-60(71-55)82-33-62(20-21-62)32-73-22-18-42(19-23-73)81-31-50(78)70-56(61(3,4)5)59(80)75-30-41(77)26-49(75)58(79)68-34(2)35-10-12-36(13-11-35)52-47(64)8-7-9-48(52)65/h7-14,17,24-25,27,34,38-39,41-42,49,56,69,76-77H,6,15-16,18-23,26,28-33H2,1-5H3,(H,68,79)(H,70,78)/t34-,38?,39?,41+,49-,56+/m0/s1. The number of fused-ring (bicyclic) bond motifs is 4. The number of pyridine rings is 1. The fourth-order valence-corrected chi connectivity index (χ4v) is 12.6. The van der Waals surface area contributed by atoms with Crippen molar-refractivity contribution in [3.8, 4) is 34.1 Å². The molecule has 20 heteroatoms. The van der Waals surface area contributed by atoms with Crippen molar-refractivity contribution in [2.24, 2.45) is 10.8 Å². The summed E-state index contributed by atoms with van der Waals surface area (Å²) in [5, 5.41) is 32.5. The summed E-state index contributed by atoms with van der Waals surface area (Å²) in [5.74, 6) is -3.57. The van der Waals surface area contributed by atoms with Crippen LogP contribution >= 0.6 is 0 Å². The molecule has 82 heavy (non-hydrogen) atoms. The average molecular weight is 1130 g/mol. The molecular formula is C62H71F4N9O7. The Hall–Kier alpha value is -7.00.